The van der Waals surface area contributed by atoms with Crippen molar-refractivity contribution in [2.75, 3.05) is 0 Å². The maximum atomic E-state index is 13.1. The molecule has 2 atom stereocenters. The smallest absolute Gasteiger partial charge is 0.330 e. The van der Waals surface area contributed by atoms with Crippen LogP contribution in [-0.2, 0) is 0 Å². The number of hydrogen-bond acceptors (Lipinski definition) is 4. The first-order valence-electron chi connectivity index (χ1n) is 11.4. The zero-order valence-electron chi connectivity index (χ0n) is 19.0. The van der Waals surface area contributed by atoms with Crippen molar-refractivity contribution in [3.8, 4) is 0 Å². The molecule has 4 rings (SSSR count). The Kier molecular flexibility index (Phi) is 6.00. The third kappa shape index (κ3) is 4.24. The second-order valence-corrected chi connectivity index (χ2v) is 9.13. The first-order valence-corrected chi connectivity index (χ1v) is 11.4. The molecule has 2 N–H and O–H groups in total. The van der Waals surface area contributed by atoms with Crippen molar-refractivity contribution in [3.63, 3.8) is 0 Å². The van der Waals surface area contributed by atoms with Gasteiger partial charge >= 0.3 is 5.69 Å². The second kappa shape index (κ2) is 8.73. The lowest BCUT2D eigenvalue weighted by atomic mass is 9.92. The SMILES string of the molecule is CCC(C)c1ccc(C(NC(=O)c2cnc3c(c2)c(=O)[nH]c(=O)n3C2CC2)C(C)C)cc1. The van der Waals surface area contributed by atoms with Crippen LogP contribution in [0.1, 0.15) is 86.4 Å². The molecule has 1 amide bonds. The van der Waals surface area contributed by atoms with Crippen LogP contribution in [0, 0.1) is 5.92 Å². The van der Waals surface area contributed by atoms with Gasteiger partial charge in [0.15, 0.2) is 0 Å². The fourth-order valence-electron chi connectivity index (χ4n) is 4.06. The van der Waals surface area contributed by atoms with E-state index in [0.29, 0.717) is 17.1 Å². The van der Waals surface area contributed by atoms with Gasteiger partial charge < -0.3 is 5.32 Å². The number of hydrogen-bond donors (Lipinski definition) is 2. The number of carbonyl (C=O) groups is 1. The molecule has 0 bridgehead atoms. The van der Waals surface area contributed by atoms with Gasteiger partial charge in [-0.1, -0.05) is 52.0 Å². The first kappa shape index (κ1) is 22.0. The Morgan fingerprint density at radius 2 is 1.81 bits per heavy atom. The second-order valence-electron chi connectivity index (χ2n) is 9.13. The van der Waals surface area contributed by atoms with E-state index in [1.165, 1.54) is 22.4 Å². The van der Waals surface area contributed by atoms with Crippen LogP contribution in [0.25, 0.3) is 11.0 Å². The van der Waals surface area contributed by atoms with Crippen molar-refractivity contribution in [2.45, 2.75) is 65.0 Å². The lowest BCUT2D eigenvalue weighted by Crippen LogP contribution is -2.33. The van der Waals surface area contributed by atoms with Crippen LogP contribution in [0.15, 0.2) is 46.1 Å². The number of fused-ring (bicyclic) bond motifs is 1. The van der Waals surface area contributed by atoms with Crippen molar-refractivity contribution in [2.24, 2.45) is 5.92 Å². The highest BCUT2D eigenvalue weighted by molar-refractivity contribution is 5.97. The number of aromatic nitrogens is 3. The van der Waals surface area contributed by atoms with Gasteiger partial charge in [-0.2, -0.15) is 0 Å². The molecular weight excluding hydrogens is 404 g/mol. The van der Waals surface area contributed by atoms with Crippen LogP contribution in [0.3, 0.4) is 0 Å². The number of pyridine rings is 1. The van der Waals surface area contributed by atoms with Crippen LogP contribution in [0.2, 0.25) is 0 Å². The fourth-order valence-corrected chi connectivity index (χ4v) is 4.06. The largest absolute Gasteiger partial charge is 0.345 e. The highest BCUT2D eigenvalue weighted by Crippen LogP contribution is 2.34. The van der Waals surface area contributed by atoms with Crippen LogP contribution in [0.5, 0.6) is 0 Å². The summed E-state index contributed by atoms with van der Waals surface area (Å²) < 4.78 is 1.52. The van der Waals surface area contributed by atoms with Gasteiger partial charge in [0, 0.05) is 12.2 Å². The van der Waals surface area contributed by atoms with Crippen LogP contribution in [-0.4, -0.2) is 20.4 Å². The van der Waals surface area contributed by atoms with Gasteiger partial charge in [0.2, 0.25) is 0 Å². The summed E-state index contributed by atoms with van der Waals surface area (Å²) in [5.41, 5.74) is 1.98. The molecular formula is C25H30N4O3. The van der Waals surface area contributed by atoms with Gasteiger partial charge in [0.25, 0.3) is 11.5 Å². The minimum absolute atomic E-state index is 0.0674. The van der Waals surface area contributed by atoms with Crippen molar-refractivity contribution in [3.05, 3.63) is 74.1 Å². The quantitative estimate of drug-likeness (QED) is 0.586. The van der Waals surface area contributed by atoms with E-state index in [0.717, 1.165) is 24.8 Å². The highest BCUT2D eigenvalue weighted by Gasteiger charge is 2.28. The topological polar surface area (TPSA) is 96.8 Å². The van der Waals surface area contributed by atoms with Crippen molar-refractivity contribution in [1.29, 1.82) is 0 Å². The molecule has 7 heteroatoms. The molecule has 1 fully saturated rings. The van der Waals surface area contributed by atoms with Gasteiger partial charge in [0.05, 0.1) is 17.0 Å². The number of carbonyl (C=O) groups excluding carboxylic acids is 1. The average molecular weight is 435 g/mol. The van der Waals surface area contributed by atoms with E-state index in [4.69, 9.17) is 0 Å². The van der Waals surface area contributed by atoms with Crippen molar-refractivity contribution >= 4 is 16.9 Å². The molecule has 1 aliphatic carbocycles. The van der Waals surface area contributed by atoms with E-state index in [2.05, 4.69) is 67.2 Å². The van der Waals surface area contributed by atoms with E-state index in [-0.39, 0.29) is 29.3 Å². The number of H-pyrrole nitrogens is 1. The third-order valence-electron chi connectivity index (χ3n) is 6.38. The predicted molar refractivity (Wildman–Crippen MR) is 125 cm³/mol. The van der Waals surface area contributed by atoms with Gasteiger partial charge in [0.1, 0.15) is 5.65 Å². The number of aromatic amines is 1. The van der Waals surface area contributed by atoms with E-state index in [9.17, 15) is 14.4 Å². The van der Waals surface area contributed by atoms with E-state index < -0.39 is 11.2 Å². The molecule has 2 aromatic heterocycles. The molecule has 0 spiro atoms. The molecule has 0 saturated heterocycles. The van der Waals surface area contributed by atoms with E-state index in [1.54, 1.807) is 0 Å². The standard InChI is InChI=1S/C25H30N4O3/c1-5-15(4)16-6-8-17(9-7-16)21(14(2)3)27-23(30)18-12-20-22(26-13-18)29(19-10-11-19)25(32)28-24(20)31/h6-9,12-15,19,21H,5,10-11H2,1-4H3,(H,27,30)(H,28,31,32). The molecule has 2 unspecified atom stereocenters. The van der Waals surface area contributed by atoms with Gasteiger partial charge in [-0.3, -0.25) is 19.1 Å². The lowest BCUT2D eigenvalue weighted by molar-refractivity contribution is 0.0925. The van der Waals surface area contributed by atoms with Crippen LogP contribution < -0.4 is 16.6 Å². The summed E-state index contributed by atoms with van der Waals surface area (Å²) in [6.07, 6.45) is 4.29. The number of rotatable bonds is 7. The summed E-state index contributed by atoms with van der Waals surface area (Å²) in [6, 6.07) is 9.81. The summed E-state index contributed by atoms with van der Waals surface area (Å²) in [7, 11) is 0. The summed E-state index contributed by atoms with van der Waals surface area (Å²) in [4.78, 5) is 44.4. The number of benzene rings is 1. The minimum Gasteiger partial charge on any atom is -0.345 e. The summed E-state index contributed by atoms with van der Waals surface area (Å²) >= 11 is 0. The maximum Gasteiger partial charge on any atom is 0.330 e. The normalized spacial score (nSPS) is 15.7. The number of amides is 1. The Hall–Kier alpha value is -3.22. The molecule has 168 valence electrons. The molecule has 2 heterocycles. The zero-order chi connectivity index (χ0) is 23.0. The zero-order valence-corrected chi connectivity index (χ0v) is 19.0. The van der Waals surface area contributed by atoms with Gasteiger partial charge in [-0.25, -0.2) is 9.78 Å². The molecule has 0 aliphatic heterocycles. The summed E-state index contributed by atoms with van der Waals surface area (Å²) in [5, 5.41) is 3.35. The Morgan fingerprint density at radius 3 is 2.41 bits per heavy atom. The number of nitrogens with one attached hydrogen (secondary N) is 2. The average Bonchev–Trinajstić information content (AvgIpc) is 3.61. The summed E-state index contributed by atoms with van der Waals surface area (Å²) in [6.45, 7) is 8.49. The Balaban J connectivity index is 1.63. The number of nitrogens with zero attached hydrogens (tertiary/aromatic N) is 2. The maximum absolute atomic E-state index is 13.1. The van der Waals surface area contributed by atoms with E-state index >= 15 is 0 Å². The third-order valence-corrected chi connectivity index (χ3v) is 6.38. The Bertz CT molecular complexity index is 1250. The molecule has 1 aliphatic rings. The molecule has 1 saturated carbocycles. The Morgan fingerprint density at radius 1 is 1.16 bits per heavy atom. The monoisotopic (exact) mass is 434 g/mol. The molecule has 3 aromatic rings. The van der Waals surface area contributed by atoms with Gasteiger partial charge in [-0.05, 0) is 48.3 Å². The molecule has 32 heavy (non-hydrogen) atoms. The Labute approximate surface area is 186 Å². The summed E-state index contributed by atoms with van der Waals surface area (Å²) in [5.74, 6) is 0.365. The fraction of sp³-hybridized carbons (Fsp3) is 0.440. The van der Waals surface area contributed by atoms with Crippen LogP contribution in [0.4, 0.5) is 0 Å². The molecule has 0 radical (unpaired) electrons. The van der Waals surface area contributed by atoms with E-state index in [1.807, 2.05) is 0 Å². The minimum atomic E-state index is -0.523. The van der Waals surface area contributed by atoms with Crippen molar-refractivity contribution < 1.29 is 4.79 Å². The predicted octanol–water partition coefficient (Wildman–Crippen LogP) is 4.06. The lowest BCUT2D eigenvalue weighted by Gasteiger charge is -2.23. The van der Waals surface area contributed by atoms with Gasteiger partial charge in [-0.15, -0.1) is 0 Å². The highest BCUT2D eigenvalue weighted by atomic mass is 16.2. The van der Waals surface area contributed by atoms with Crippen LogP contribution >= 0.6 is 0 Å². The van der Waals surface area contributed by atoms with Crippen molar-refractivity contribution in [1.82, 2.24) is 19.9 Å². The molecule has 1 aromatic carbocycles. The molecule has 7 nitrogen and oxygen atoms in total. The first-order chi connectivity index (χ1) is 15.3.